The van der Waals surface area contributed by atoms with Crippen molar-refractivity contribution in [3.05, 3.63) is 33.4 Å². The fourth-order valence-electron chi connectivity index (χ4n) is 3.14. The topological polar surface area (TPSA) is 44.4 Å². The van der Waals surface area contributed by atoms with E-state index in [1.807, 2.05) is 18.2 Å². The number of amides is 1. The second-order valence-corrected chi connectivity index (χ2v) is 7.34. The van der Waals surface area contributed by atoms with Crippen molar-refractivity contribution in [2.24, 2.45) is 5.92 Å². The predicted octanol–water partition coefficient (Wildman–Crippen LogP) is 1.99. The van der Waals surface area contributed by atoms with E-state index in [4.69, 9.17) is 12.2 Å². The number of fused-ring (bicyclic) bond motifs is 3. The zero-order chi connectivity index (χ0) is 14.8. The lowest BCUT2D eigenvalue weighted by molar-refractivity contribution is 0.0807. The smallest absolute Gasteiger partial charge is 0.257 e. The van der Waals surface area contributed by atoms with Gasteiger partial charge in [-0.1, -0.05) is 6.07 Å². The Bertz CT molecular complexity index is 558. The summed E-state index contributed by atoms with van der Waals surface area (Å²) in [4.78, 5) is 14.6. The molecule has 1 unspecified atom stereocenters. The standard InChI is InChI=1S/C15H18IN3OS/c16-12-3-1-2-11(8-12)14(20)18-15(21)17-13-9-19-6-4-10(13)5-7-19/h1-3,8,10,13H,4-7,9H2,(H2,17,18,20,21). The predicted molar refractivity (Wildman–Crippen MR) is 95.3 cm³/mol. The SMILES string of the molecule is O=C(NC(=S)NC1CN2CCC1CC2)c1cccc(I)c1. The van der Waals surface area contributed by atoms with Crippen molar-refractivity contribution in [3.8, 4) is 0 Å². The molecule has 112 valence electrons. The number of nitrogens with zero attached hydrogens (tertiary/aromatic N) is 1. The second kappa shape index (κ2) is 6.58. The molecule has 1 amide bonds. The molecule has 3 heterocycles. The van der Waals surface area contributed by atoms with Gasteiger partial charge in [0.1, 0.15) is 0 Å². The Morgan fingerprint density at radius 3 is 2.71 bits per heavy atom. The van der Waals surface area contributed by atoms with Crippen LogP contribution in [0.4, 0.5) is 0 Å². The second-order valence-electron chi connectivity index (χ2n) is 5.68. The summed E-state index contributed by atoms with van der Waals surface area (Å²) in [6.07, 6.45) is 2.45. The summed E-state index contributed by atoms with van der Waals surface area (Å²) in [5.74, 6) is 0.537. The van der Waals surface area contributed by atoms with Gasteiger partial charge in [-0.3, -0.25) is 10.1 Å². The number of carbonyl (C=O) groups is 1. The third kappa shape index (κ3) is 3.73. The first-order valence-corrected chi connectivity index (χ1v) is 8.70. The molecule has 4 rings (SSSR count). The minimum atomic E-state index is -0.146. The van der Waals surface area contributed by atoms with Gasteiger partial charge in [0.25, 0.3) is 5.91 Å². The van der Waals surface area contributed by atoms with Crippen molar-refractivity contribution >= 4 is 45.8 Å². The van der Waals surface area contributed by atoms with Gasteiger partial charge in [0, 0.05) is 21.7 Å². The highest BCUT2D eigenvalue weighted by molar-refractivity contribution is 14.1. The number of rotatable bonds is 2. The van der Waals surface area contributed by atoms with Gasteiger partial charge in [-0.15, -0.1) is 0 Å². The van der Waals surface area contributed by atoms with Gasteiger partial charge in [0.2, 0.25) is 0 Å². The first-order valence-electron chi connectivity index (χ1n) is 7.21. The summed E-state index contributed by atoms with van der Waals surface area (Å²) in [5.41, 5.74) is 0.639. The van der Waals surface area contributed by atoms with Gasteiger partial charge in [0.05, 0.1) is 0 Å². The molecule has 0 radical (unpaired) electrons. The molecular formula is C15H18IN3OS. The summed E-state index contributed by atoms with van der Waals surface area (Å²) in [7, 11) is 0. The van der Waals surface area contributed by atoms with Crippen LogP contribution in [0.3, 0.4) is 0 Å². The Hall–Kier alpha value is -0.730. The van der Waals surface area contributed by atoms with Crippen LogP contribution in [0.15, 0.2) is 24.3 Å². The van der Waals surface area contributed by atoms with E-state index in [0.717, 1.165) is 10.1 Å². The van der Waals surface area contributed by atoms with E-state index >= 15 is 0 Å². The number of carbonyl (C=O) groups excluding carboxylic acids is 1. The molecule has 3 aliphatic rings. The zero-order valence-electron chi connectivity index (χ0n) is 11.6. The Morgan fingerprint density at radius 1 is 1.33 bits per heavy atom. The molecule has 2 bridgehead atoms. The molecule has 21 heavy (non-hydrogen) atoms. The highest BCUT2D eigenvalue weighted by Gasteiger charge is 2.34. The molecule has 3 aliphatic heterocycles. The van der Waals surface area contributed by atoms with Crippen molar-refractivity contribution in [1.82, 2.24) is 15.5 Å². The Morgan fingerprint density at radius 2 is 2.10 bits per heavy atom. The first-order chi connectivity index (χ1) is 10.1. The summed E-state index contributed by atoms with van der Waals surface area (Å²) >= 11 is 7.49. The number of thiocarbonyl (C=S) groups is 1. The van der Waals surface area contributed by atoms with Crippen molar-refractivity contribution in [1.29, 1.82) is 0 Å². The third-order valence-corrected chi connectivity index (χ3v) is 5.18. The van der Waals surface area contributed by atoms with Crippen molar-refractivity contribution < 1.29 is 4.79 Å². The molecule has 6 heteroatoms. The van der Waals surface area contributed by atoms with Crippen LogP contribution in [0.5, 0.6) is 0 Å². The maximum Gasteiger partial charge on any atom is 0.257 e. The van der Waals surface area contributed by atoms with Gasteiger partial charge in [-0.2, -0.15) is 0 Å². The molecule has 2 N–H and O–H groups in total. The van der Waals surface area contributed by atoms with E-state index in [9.17, 15) is 4.79 Å². The van der Waals surface area contributed by atoms with E-state index in [1.165, 1.54) is 25.9 Å². The van der Waals surface area contributed by atoms with E-state index in [0.29, 0.717) is 22.6 Å². The summed E-state index contributed by atoms with van der Waals surface area (Å²) in [5, 5.41) is 6.55. The van der Waals surface area contributed by atoms with Crippen molar-refractivity contribution in [2.45, 2.75) is 18.9 Å². The fraction of sp³-hybridized carbons (Fsp3) is 0.467. The van der Waals surface area contributed by atoms with E-state index < -0.39 is 0 Å². The lowest BCUT2D eigenvalue weighted by Crippen LogP contribution is -2.59. The van der Waals surface area contributed by atoms with E-state index in [-0.39, 0.29) is 5.91 Å². The number of hydrogen-bond acceptors (Lipinski definition) is 3. The molecule has 4 nitrogen and oxygen atoms in total. The summed E-state index contributed by atoms with van der Waals surface area (Å²) in [6, 6.07) is 7.86. The molecule has 0 aliphatic carbocycles. The third-order valence-electron chi connectivity index (χ3n) is 4.29. The quantitative estimate of drug-likeness (QED) is 0.573. The molecule has 1 aromatic carbocycles. The maximum absolute atomic E-state index is 12.2. The van der Waals surface area contributed by atoms with E-state index in [2.05, 4.69) is 38.1 Å². The number of nitrogens with one attached hydrogen (secondary N) is 2. The minimum Gasteiger partial charge on any atom is -0.358 e. The average Bonchev–Trinajstić information content (AvgIpc) is 2.48. The molecule has 1 atom stereocenters. The van der Waals surface area contributed by atoms with E-state index in [1.54, 1.807) is 6.07 Å². The van der Waals surface area contributed by atoms with Crippen LogP contribution < -0.4 is 10.6 Å². The Kier molecular flexibility index (Phi) is 4.75. The lowest BCUT2D eigenvalue weighted by Gasteiger charge is -2.45. The van der Waals surface area contributed by atoms with Crippen LogP contribution >= 0.6 is 34.8 Å². The average molecular weight is 415 g/mol. The summed E-state index contributed by atoms with van der Waals surface area (Å²) < 4.78 is 1.04. The fourth-order valence-corrected chi connectivity index (χ4v) is 3.93. The maximum atomic E-state index is 12.2. The number of piperidine rings is 3. The van der Waals surface area contributed by atoms with Gasteiger partial charge >= 0.3 is 0 Å². The summed E-state index contributed by atoms with van der Waals surface area (Å²) in [6.45, 7) is 3.43. The highest BCUT2D eigenvalue weighted by Crippen LogP contribution is 2.27. The largest absolute Gasteiger partial charge is 0.358 e. The normalized spacial score (nSPS) is 27.2. The van der Waals surface area contributed by atoms with Crippen LogP contribution in [0.2, 0.25) is 0 Å². The van der Waals surface area contributed by atoms with Crippen molar-refractivity contribution in [2.75, 3.05) is 19.6 Å². The Balaban J connectivity index is 1.55. The molecule has 0 spiro atoms. The van der Waals surface area contributed by atoms with Crippen LogP contribution in [0.25, 0.3) is 0 Å². The number of halogens is 1. The van der Waals surface area contributed by atoms with Crippen molar-refractivity contribution in [3.63, 3.8) is 0 Å². The number of hydrogen-bond donors (Lipinski definition) is 2. The van der Waals surface area contributed by atoms with Gasteiger partial charge < -0.3 is 10.2 Å². The molecule has 1 aromatic rings. The molecule has 3 saturated heterocycles. The van der Waals surface area contributed by atoms with Crippen LogP contribution in [0, 0.1) is 9.49 Å². The molecule has 3 fully saturated rings. The molecule has 0 saturated carbocycles. The molecular weight excluding hydrogens is 397 g/mol. The molecule has 0 aromatic heterocycles. The zero-order valence-corrected chi connectivity index (χ0v) is 14.6. The Labute approximate surface area is 143 Å². The van der Waals surface area contributed by atoms with Gasteiger partial charge in [-0.05, 0) is 84.9 Å². The highest BCUT2D eigenvalue weighted by atomic mass is 127. The minimum absolute atomic E-state index is 0.146. The lowest BCUT2D eigenvalue weighted by atomic mass is 9.84. The number of benzene rings is 1. The van der Waals surface area contributed by atoms with Crippen LogP contribution in [-0.2, 0) is 0 Å². The van der Waals surface area contributed by atoms with Crippen LogP contribution in [0.1, 0.15) is 23.2 Å². The first kappa shape index (κ1) is 15.2. The van der Waals surface area contributed by atoms with Gasteiger partial charge in [0.15, 0.2) is 5.11 Å². The monoisotopic (exact) mass is 415 g/mol. The van der Waals surface area contributed by atoms with Gasteiger partial charge in [-0.25, -0.2) is 0 Å². The van der Waals surface area contributed by atoms with Crippen LogP contribution in [-0.4, -0.2) is 41.6 Å².